The molecule has 1 heterocycles. The normalized spacial score (nSPS) is 28.8. The predicted molar refractivity (Wildman–Crippen MR) is 87.3 cm³/mol. The lowest BCUT2D eigenvalue weighted by Crippen LogP contribution is -2.44. The molecule has 2 rings (SSSR count). The highest BCUT2D eigenvalue weighted by molar-refractivity contribution is 7.90. The molecule has 1 N–H and O–H groups in total. The molecular weight excluding hydrogens is 286 g/mol. The second-order valence-electron chi connectivity index (χ2n) is 7.31. The average Bonchev–Trinajstić information content (AvgIpc) is 3.02. The Labute approximate surface area is 129 Å². The summed E-state index contributed by atoms with van der Waals surface area (Å²) in [5, 5.41) is 3.41. The van der Waals surface area contributed by atoms with Gasteiger partial charge in [-0.1, -0.05) is 13.8 Å². The van der Waals surface area contributed by atoms with Crippen LogP contribution in [0.2, 0.25) is 0 Å². The first-order valence-electron chi connectivity index (χ1n) is 7.84. The minimum absolute atomic E-state index is 0.0582. The highest BCUT2D eigenvalue weighted by atomic mass is 32.2. The number of hydrogen-bond acceptors (Lipinski definition) is 3. The Kier molecular flexibility index (Phi) is 4.57. The fraction of sp³-hybridized carbons (Fsp3) is 0.933. The fourth-order valence-corrected chi connectivity index (χ4v) is 4.70. The second-order valence-corrected chi connectivity index (χ2v) is 9.45. The van der Waals surface area contributed by atoms with Gasteiger partial charge in [0.05, 0.1) is 5.75 Å². The van der Waals surface area contributed by atoms with Gasteiger partial charge < -0.3 is 10.2 Å². The number of likely N-dealkylation sites (tertiary alicyclic amines) is 1. The number of aliphatic imine (C=N–C) groups is 1. The standard InChI is InChI=1S/C15H29N3O2S/c1-5-14(2)8-9-18(11-14)13(16-3)17-10-15(6-7-15)12-21(4,19)20/h5-12H2,1-4H3,(H,16,17). The van der Waals surface area contributed by atoms with Crippen LogP contribution in [0.25, 0.3) is 0 Å². The van der Waals surface area contributed by atoms with Crippen molar-refractivity contribution in [2.24, 2.45) is 15.8 Å². The molecule has 1 atom stereocenters. The van der Waals surface area contributed by atoms with Crippen LogP contribution < -0.4 is 5.32 Å². The van der Waals surface area contributed by atoms with Crippen molar-refractivity contribution < 1.29 is 8.42 Å². The molecule has 0 aromatic carbocycles. The molecule has 0 aromatic rings. The van der Waals surface area contributed by atoms with E-state index >= 15 is 0 Å². The van der Waals surface area contributed by atoms with Gasteiger partial charge in [-0.05, 0) is 31.1 Å². The van der Waals surface area contributed by atoms with Gasteiger partial charge in [-0.25, -0.2) is 8.42 Å². The molecule has 2 aliphatic rings. The molecule has 122 valence electrons. The molecule has 0 spiro atoms. The van der Waals surface area contributed by atoms with E-state index in [4.69, 9.17) is 0 Å². The maximum absolute atomic E-state index is 11.5. The fourth-order valence-electron chi connectivity index (χ4n) is 3.20. The number of hydrogen-bond donors (Lipinski definition) is 1. The van der Waals surface area contributed by atoms with Crippen LogP contribution in [-0.2, 0) is 9.84 Å². The van der Waals surface area contributed by atoms with E-state index in [0.29, 0.717) is 12.0 Å². The van der Waals surface area contributed by atoms with Gasteiger partial charge in [-0.15, -0.1) is 0 Å². The van der Waals surface area contributed by atoms with Crippen LogP contribution >= 0.6 is 0 Å². The third-order valence-corrected chi connectivity index (χ3v) is 6.21. The molecule has 21 heavy (non-hydrogen) atoms. The van der Waals surface area contributed by atoms with Crippen molar-refractivity contribution in [2.75, 3.05) is 38.7 Å². The summed E-state index contributed by atoms with van der Waals surface area (Å²) < 4.78 is 23.0. The molecule has 1 aliphatic carbocycles. The zero-order valence-electron chi connectivity index (χ0n) is 13.8. The van der Waals surface area contributed by atoms with Crippen LogP contribution in [0.3, 0.4) is 0 Å². The summed E-state index contributed by atoms with van der Waals surface area (Å²) in [7, 11) is -1.10. The summed E-state index contributed by atoms with van der Waals surface area (Å²) in [4.78, 5) is 6.68. The molecule has 6 heteroatoms. The molecule has 0 radical (unpaired) electrons. The van der Waals surface area contributed by atoms with Crippen molar-refractivity contribution in [3.8, 4) is 0 Å². The first-order valence-corrected chi connectivity index (χ1v) is 9.90. The molecule has 2 fully saturated rings. The lowest BCUT2D eigenvalue weighted by atomic mass is 9.87. The maximum Gasteiger partial charge on any atom is 0.193 e. The molecule has 1 unspecified atom stereocenters. The molecule has 1 saturated heterocycles. The number of nitrogens with zero attached hydrogens (tertiary/aromatic N) is 2. The quantitative estimate of drug-likeness (QED) is 0.617. The van der Waals surface area contributed by atoms with Crippen LogP contribution in [0.5, 0.6) is 0 Å². The van der Waals surface area contributed by atoms with Crippen molar-refractivity contribution in [2.45, 2.75) is 39.5 Å². The number of sulfone groups is 1. The monoisotopic (exact) mass is 315 g/mol. The smallest absolute Gasteiger partial charge is 0.193 e. The van der Waals surface area contributed by atoms with E-state index in [1.54, 1.807) is 7.05 Å². The zero-order valence-corrected chi connectivity index (χ0v) is 14.6. The molecule has 0 bridgehead atoms. The zero-order chi connectivity index (χ0) is 15.7. The maximum atomic E-state index is 11.5. The third kappa shape index (κ3) is 4.34. The Balaban J connectivity index is 1.90. The molecular formula is C15H29N3O2S. The summed E-state index contributed by atoms with van der Waals surface area (Å²) in [6.07, 6.45) is 5.69. The molecule has 1 saturated carbocycles. The predicted octanol–water partition coefficient (Wildman–Crippen LogP) is 1.51. The van der Waals surface area contributed by atoms with E-state index in [-0.39, 0.29) is 11.2 Å². The topological polar surface area (TPSA) is 61.8 Å². The summed E-state index contributed by atoms with van der Waals surface area (Å²) in [5.74, 6) is 1.21. The van der Waals surface area contributed by atoms with E-state index in [0.717, 1.165) is 31.9 Å². The lowest BCUT2D eigenvalue weighted by molar-refractivity contribution is 0.321. The summed E-state index contributed by atoms with van der Waals surface area (Å²) in [6, 6.07) is 0. The van der Waals surface area contributed by atoms with E-state index in [1.165, 1.54) is 19.1 Å². The Bertz CT molecular complexity index is 511. The Hall–Kier alpha value is -0.780. The van der Waals surface area contributed by atoms with Crippen LogP contribution in [0.15, 0.2) is 4.99 Å². The number of guanidine groups is 1. The van der Waals surface area contributed by atoms with Gasteiger partial charge in [0.25, 0.3) is 0 Å². The van der Waals surface area contributed by atoms with Crippen LogP contribution in [0, 0.1) is 10.8 Å². The van der Waals surface area contributed by atoms with Gasteiger partial charge in [0.2, 0.25) is 0 Å². The van der Waals surface area contributed by atoms with E-state index in [9.17, 15) is 8.42 Å². The van der Waals surface area contributed by atoms with Crippen molar-refractivity contribution in [3.63, 3.8) is 0 Å². The Morgan fingerprint density at radius 2 is 2.00 bits per heavy atom. The Morgan fingerprint density at radius 1 is 1.33 bits per heavy atom. The van der Waals surface area contributed by atoms with Crippen molar-refractivity contribution in [3.05, 3.63) is 0 Å². The molecule has 1 aliphatic heterocycles. The highest BCUT2D eigenvalue weighted by Gasteiger charge is 2.45. The SMILES string of the molecule is CCC1(C)CCN(C(=NC)NCC2(CS(C)(=O)=O)CC2)C1. The van der Waals surface area contributed by atoms with Gasteiger partial charge in [-0.2, -0.15) is 0 Å². The van der Waals surface area contributed by atoms with Crippen molar-refractivity contribution in [1.29, 1.82) is 0 Å². The molecule has 0 amide bonds. The van der Waals surface area contributed by atoms with Gasteiger partial charge in [0.1, 0.15) is 9.84 Å². The second kappa shape index (κ2) is 5.78. The van der Waals surface area contributed by atoms with Crippen LogP contribution in [0.1, 0.15) is 39.5 Å². The minimum Gasteiger partial charge on any atom is -0.356 e. The van der Waals surface area contributed by atoms with Crippen molar-refractivity contribution >= 4 is 15.8 Å². The van der Waals surface area contributed by atoms with Gasteiger partial charge >= 0.3 is 0 Å². The van der Waals surface area contributed by atoms with E-state index < -0.39 is 9.84 Å². The molecule has 5 nitrogen and oxygen atoms in total. The summed E-state index contributed by atoms with van der Waals surface area (Å²) >= 11 is 0. The van der Waals surface area contributed by atoms with Gasteiger partial charge in [0.15, 0.2) is 5.96 Å². The first-order chi connectivity index (χ1) is 9.71. The lowest BCUT2D eigenvalue weighted by Gasteiger charge is -2.26. The minimum atomic E-state index is -2.91. The summed E-state index contributed by atoms with van der Waals surface area (Å²) in [6.45, 7) is 7.34. The average molecular weight is 315 g/mol. The summed E-state index contributed by atoms with van der Waals surface area (Å²) in [5.41, 5.74) is 0.318. The van der Waals surface area contributed by atoms with E-state index in [2.05, 4.69) is 29.1 Å². The van der Waals surface area contributed by atoms with Crippen LogP contribution in [-0.4, -0.2) is 58.0 Å². The largest absolute Gasteiger partial charge is 0.356 e. The molecule has 0 aromatic heterocycles. The first kappa shape index (κ1) is 16.6. The van der Waals surface area contributed by atoms with E-state index in [1.807, 2.05) is 0 Å². The third-order valence-electron chi connectivity index (χ3n) is 5.07. The van der Waals surface area contributed by atoms with Crippen molar-refractivity contribution in [1.82, 2.24) is 10.2 Å². The van der Waals surface area contributed by atoms with Gasteiger partial charge in [-0.3, -0.25) is 4.99 Å². The Morgan fingerprint density at radius 3 is 2.43 bits per heavy atom. The number of rotatable bonds is 5. The van der Waals surface area contributed by atoms with Crippen LogP contribution in [0.4, 0.5) is 0 Å². The highest BCUT2D eigenvalue weighted by Crippen LogP contribution is 2.46. The number of nitrogens with one attached hydrogen (secondary N) is 1. The van der Waals surface area contributed by atoms with Gasteiger partial charge in [0, 0.05) is 38.4 Å².